The lowest BCUT2D eigenvalue weighted by Crippen LogP contribution is -1.90. The van der Waals surface area contributed by atoms with Gasteiger partial charge < -0.3 is 4.74 Å². The lowest BCUT2D eigenvalue weighted by atomic mass is 10.3. The van der Waals surface area contributed by atoms with Crippen LogP contribution in [0.1, 0.15) is 11.4 Å². The van der Waals surface area contributed by atoms with Crippen LogP contribution < -0.4 is 4.74 Å². The summed E-state index contributed by atoms with van der Waals surface area (Å²) >= 11 is 0. The van der Waals surface area contributed by atoms with Crippen LogP contribution in [0.15, 0.2) is 18.3 Å². The fourth-order valence-corrected chi connectivity index (χ4v) is 1.46. The minimum Gasteiger partial charge on any atom is -0.493 e. The van der Waals surface area contributed by atoms with Crippen LogP contribution in [0, 0.1) is 19.3 Å². The van der Waals surface area contributed by atoms with Gasteiger partial charge in [0.25, 0.3) is 0 Å². The Bertz CT molecular complexity index is 520. The van der Waals surface area contributed by atoms with Crippen LogP contribution in [0.25, 0.3) is 5.65 Å². The smallest absolute Gasteiger partial charge is 0.181 e. The number of aromatic nitrogens is 2. The highest BCUT2D eigenvalue weighted by atomic mass is 16.5. The molecule has 3 nitrogen and oxygen atoms in total. The minimum atomic E-state index is 0.662. The summed E-state index contributed by atoms with van der Waals surface area (Å²) in [4.78, 5) is 4.30. The van der Waals surface area contributed by atoms with E-state index in [1.54, 1.807) is 7.11 Å². The van der Waals surface area contributed by atoms with Gasteiger partial charge in [-0.1, -0.05) is 0 Å². The average Bonchev–Trinajstić information content (AvgIpc) is 2.55. The lowest BCUT2D eigenvalue weighted by molar-refractivity contribution is 0.417. The van der Waals surface area contributed by atoms with Gasteiger partial charge in [-0.2, -0.15) is 0 Å². The second-order valence-electron chi connectivity index (χ2n) is 2.96. The number of hydrogen-bond acceptors (Lipinski definition) is 2. The van der Waals surface area contributed by atoms with Crippen LogP contribution in [0.2, 0.25) is 0 Å². The first kappa shape index (κ1) is 8.64. The van der Waals surface area contributed by atoms with Crippen molar-refractivity contribution in [3.8, 4) is 18.1 Å². The van der Waals surface area contributed by atoms with E-state index in [1.807, 2.05) is 29.7 Å². The van der Waals surface area contributed by atoms with Crippen LogP contribution >= 0.6 is 0 Å². The van der Waals surface area contributed by atoms with Gasteiger partial charge in [-0.25, -0.2) is 4.98 Å². The van der Waals surface area contributed by atoms with Gasteiger partial charge in [0.15, 0.2) is 11.4 Å². The van der Waals surface area contributed by atoms with Gasteiger partial charge >= 0.3 is 0 Å². The number of rotatable bonds is 1. The second kappa shape index (κ2) is 3.08. The van der Waals surface area contributed by atoms with E-state index in [-0.39, 0.29) is 0 Å². The van der Waals surface area contributed by atoms with Crippen LogP contribution in [0.5, 0.6) is 5.75 Å². The standard InChI is InChI=1S/C11H10N2O/c1-4-9-8(2)13-7-5-6-10(14-3)11(13)12-9/h1,5-7H,2-3H3. The van der Waals surface area contributed by atoms with Crippen LogP contribution in [-0.2, 0) is 0 Å². The number of imidazole rings is 1. The van der Waals surface area contributed by atoms with E-state index in [0.29, 0.717) is 5.69 Å². The molecule has 0 bridgehead atoms. The molecule has 0 radical (unpaired) electrons. The van der Waals surface area contributed by atoms with Gasteiger partial charge in [-0.3, -0.25) is 4.40 Å². The van der Waals surface area contributed by atoms with E-state index >= 15 is 0 Å². The van der Waals surface area contributed by atoms with E-state index in [0.717, 1.165) is 17.1 Å². The third-order valence-electron chi connectivity index (χ3n) is 2.21. The molecule has 14 heavy (non-hydrogen) atoms. The number of terminal acetylenes is 1. The number of pyridine rings is 1. The Kier molecular flexibility index (Phi) is 1.90. The predicted octanol–water partition coefficient (Wildman–Crippen LogP) is 1.63. The van der Waals surface area contributed by atoms with Gasteiger partial charge in [-0.15, -0.1) is 6.42 Å². The molecular formula is C11H10N2O. The quantitative estimate of drug-likeness (QED) is 0.633. The Morgan fingerprint density at radius 2 is 2.36 bits per heavy atom. The number of methoxy groups -OCH3 is 1. The first-order valence-corrected chi connectivity index (χ1v) is 4.26. The third kappa shape index (κ3) is 1.05. The fourth-order valence-electron chi connectivity index (χ4n) is 1.46. The molecule has 0 saturated heterocycles. The zero-order valence-electron chi connectivity index (χ0n) is 8.11. The van der Waals surface area contributed by atoms with Gasteiger partial charge in [0, 0.05) is 6.20 Å². The molecule has 70 valence electrons. The molecule has 0 aromatic carbocycles. The summed E-state index contributed by atoms with van der Waals surface area (Å²) in [5.74, 6) is 3.28. The Morgan fingerprint density at radius 3 is 3.00 bits per heavy atom. The Balaban J connectivity index is 2.85. The molecule has 2 aromatic rings. The van der Waals surface area contributed by atoms with Crippen molar-refractivity contribution in [2.75, 3.05) is 7.11 Å². The maximum absolute atomic E-state index is 5.34. The molecule has 0 atom stereocenters. The van der Waals surface area contributed by atoms with Gasteiger partial charge in [-0.05, 0) is 25.0 Å². The van der Waals surface area contributed by atoms with Crippen molar-refractivity contribution in [3.63, 3.8) is 0 Å². The summed E-state index contributed by atoms with van der Waals surface area (Å²) in [5, 5.41) is 0. The zero-order valence-corrected chi connectivity index (χ0v) is 8.11. The molecule has 0 saturated carbocycles. The molecular weight excluding hydrogens is 176 g/mol. The number of fused-ring (bicyclic) bond motifs is 1. The first-order chi connectivity index (χ1) is 6.77. The summed E-state index contributed by atoms with van der Waals surface area (Å²) in [6.07, 6.45) is 7.26. The molecule has 0 spiro atoms. The monoisotopic (exact) mass is 186 g/mol. The van der Waals surface area contributed by atoms with Crippen molar-refractivity contribution in [2.45, 2.75) is 6.92 Å². The molecule has 0 fully saturated rings. The zero-order chi connectivity index (χ0) is 10.1. The Labute approximate surface area is 82.3 Å². The Hall–Kier alpha value is -1.95. The lowest BCUT2D eigenvalue weighted by Gasteiger charge is -2.01. The molecule has 0 N–H and O–H groups in total. The summed E-state index contributed by atoms with van der Waals surface area (Å²) in [5.41, 5.74) is 2.39. The van der Waals surface area contributed by atoms with Crippen LogP contribution in [0.4, 0.5) is 0 Å². The maximum atomic E-state index is 5.34. The number of nitrogens with zero attached hydrogens (tertiary/aromatic N) is 2. The van der Waals surface area contributed by atoms with Crippen molar-refractivity contribution >= 4 is 5.65 Å². The molecule has 2 heterocycles. The van der Waals surface area contributed by atoms with E-state index in [2.05, 4.69) is 10.9 Å². The molecule has 0 unspecified atom stereocenters. The molecule has 2 rings (SSSR count). The third-order valence-corrected chi connectivity index (χ3v) is 2.21. The molecule has 0 aliphatic rings. The molecule has 3 heteroatoms. The highest BCUT2D eigenvalue weighted by Gasteiger charge is 2.09. The topological polar surface area (TPSA) is 26.5 Å². The molecule has 0 amide bonds. The van der Waals surface area contributed by atoms with Crippen molar-refractivity contribution in [3.05, 3.63) is 29.7 Å². The summed E-state index contributed by atoms with van der Waals surface area (Å²) in [6.45, 7) is 1.94. The van der Waals surface area contributed by atoms with E-state index in [1.165, 1.54) is 0 Å². The van der Waals surface area contributed by atoms with E-state index in [9.17, 15) is 0 Å². The minimum absolute atomic E-state index is 0.662. The van der Waals surface area contributed by atoms with Gasteiger partial charge in [0.1, 0.15) is 5.69 Å². The predicted molar refractivity (Wildman–Crippen MR) is 54.4 cm³/mol. The van der Waals surface area contributed by atoms with Crippen molar-refractivity contribution in [1.29, 1.82) is 0 Å². The molecule has 0 aliphatic heterocycles. The van der Waals surface area contributed by atoms with Gasteiger partial charge in [0.05, 0.1) is 12.8 Å². The normalized spacial score (nSPS) is 10.1. The number of aryl methyl sites for hydroxylation is 1. The van der Waals surface area contributed by atoms with Crippen molar-refractivity contribution < 1.29 is 4.74 Å². The van der Waals surface area contributed by atoms with E-state index < -0.39 is 0 Å². The summed E-state index contributed by atoms with van der Waals surface area (Å²) < 4.78 is 7.11. The van der Waals surface area contributed by atoms with E-state index in [4.69, 9.17) is 11.2 Å². The number of ether oxygens (including phenoxy) is 1. The van der Waals surface area contributed by atoms with Crippen LogP contribution in [-0.4, -0.2) is 16.5 Å². The summed E-state index contributed by atoms with van der Waals surface area (Å²) in [7, 11) is 1.62. The van der Waals surface area contributed by atoms with Crippen molar-refractivity contribution in [2.24, 2.45) is 0 Å². The maximum Gasteiger partial charge on any atom is 0.181 e. The average molecular weight is 186 g/mol. The largest absolute Gasteiger partial charge is 0.493 e. The first-order valence-electron chi connectivity index (χ1n) is 4.26. The van der Waals surface area contributed by atoms with Gasteiger partial charge in [0.2, 0.25) is 0 Å². The van der Waals surface area contributed by atoms with Crippen LogP contribution in [0.3, 0.4) is 0 Å². The Morgan fingerprint density at radius 1 is 1.57 bits per heavy atom. The molecule has 2 aromatic heterocycles. The highest BCUT2D eigenvalue weighted by Crippen LogP contribution is 2.20. The summed E-state index contributed by atoms with van der Waals surface area (Å²) in [6, 6.07) is 3.77. The number of hydrogen-bond donors (Lipinski definition) is 0. The highest BCUT2D eigenvalue weighted by molar-refractivity contribution is 5.57. The fraction of sp³-hybridized carbons (Fsp3) is 0.182. The molecule has 0 aliphatic carbocycles. The second-order valence-corrected chi connectivity index (χ2v) is 2.96. The van der Waals surface area contributed by atoms with Crippen molar-refractivity contribution in [1.82, 2.24) is 9.38 Å². The SMILES string of the molecule is C#Cc1nc2c(OC)cccn2c1C.